The van der Waals surface area contributed by atoms with Crippen molar-refractivity contribution in [2.45, 2.75) is 63.7 Å². The molecule has 2 N–H and O–H groups in total. The summed E-state index contributed by atoms with van der Waals surface area (Å²) < 4.78 is 0. The van der Waals surface area contributed by atoms with E-state index in [2.05, 4.69) is 15.3 Å². The van der Waals surface area contributed by atoms with Crippen molar-refractivity contribution in [1.29, 1.82) is 0 Å². The average Bonchev–Trinajstić information content (AvgIpc) is 3.19. The first-order valence-corrected chi connectivity index (χ1v) is 8.26. The SMILES string of the molecule is Cc1nc(SCCC(C)(NC2CC2)C(=O)O)nc(C)c1C. The van der Waals surface area contributed by atoms with Crippen molar-refractivity contribution in [3.05, 3.63) is 17.0 Å². The Labute approximate surface area is 130 Å². The summed E-state index contributed by atoms with van der Waals surface area (Å²) in [6.07, 6.45) is 2.71. The first-order chi connectivity index (χ1) is 9.82. The first-order valence-electron chi connectivity index (χ1n) is 7.27. The van der Waals surface area contributed by atoms with Crippen molar-refractivity contribution in [3.63, 3.8) is 0 Å². The number of thioether (sulfide) groups is 1. The van der Waals surface area contributed by atoms with Crippen LogP contribution in [0.1, 0.15) is 43.1 Å². The molecule has 1 atom stereocenters. The quantitative estimate of drug-likeness (QED) is 0.595. The first kappa shape index (κ1) is 16.2. The van der Waals surface area contributed by atoms with Crippen molar-refractivity contribution >= 4 is 17.7 Å². The molecule has 0 amide bonds. The lowest BCUT2D eigenvalue weighted by atomic mass is 9.99. The van der Waals surface area contributed by atoms with Gasteiger partial charge in [-0.1, -0.05) is 11.8 Å². The average molecular weight is 309 g/mol. The second-order valence-corrected chi connectivity index (χ2v) is 7.02. The third kappa shape index (κ3) is 4.17. The summed E-state index contributed by atoms with van der Waals surface area (Å²) in [5.74, 6) is -0.100. The van der Waals surface area contributed by atoms with Gasteiger partial charge in [-0.25, -0.2) is 9.97 Å². The minimum Gasteiger partial charge on any atom is -0.480 e. The maximum Gasteiger partial charge on any atom is 0.323 e. The van der Waals surface area contributed by atoms with Gasteiger partial charge in [0, 0.05) is 23.2 Å². The highest BCUT2D eigenvalue weighted by Gasteiger charge is 2.38. The van der Waals surface area contributed by atoms with Crippen LogP contribution < -0.4 is 5.32 Å². The van der Waals surface area contributed by atoms with Crippen LogP contribution in [0.15, 0.2) is 5.16 Å². The summed E-state index contributed by atoms with van der Waals surface area (Å²) in [7, 11) is 0. The molecule has 0 bridgehead atoms. The van der Waals surface area contributed by atoms with Crippen LogP contribution in [0, 0.1) is 20.8 Å². The number of nitrogens with zero attached hydrogens (tertiary/aromatic N) is 2. The van der Waals surface area contributed by atoms with E-state index < -0.39 is 11.5 Å². The highest BCUT2D eigenvalue weighted by molar-refractivity contribution is 7.99. The van der Waals surface area contributed by atoms with Gasteiger partial charge in [-0.2, -0.15) is 0 Å². The normalized spacial score (nSPS) is 17.5. The third-order valence-electron chi connectivity index (χ3n) is 4.02. The van der Waals surface area contributed by atoms with Crippen molar-refractivity contribution < 1.29 is 9.90 Å². The summed E-state index contributed by atoms with van der Waals surface area (Å²) in [4.78, 5) is 20.4. The number of hydrogen-bond acceptors (Lipinski definition) is 5. The molecule has 1 unspecified atom stereocenters. The summed E-state index contributed by atoms with van der Waals surface area (Å²) >= 11 is 1.52. The lowest BCUT2D eigenvalue weighted by Gasteiger charge is -2.26. The molecule has 1 aromatic rings. The van der Waals surface area contributed by atoms with E-state index in [9.17, 15) is 9.90 Å². The smallest absolute Gasteiger partial charge is 0.323 e. The van der Waals surface area contributed by atoms with Crippen LogP contribution in [0.5, 0.6) is 0 Å². The predicted octanol–water partition coefficient (Wildman–Crippen LogP) is 2.48. The Kier molecular flexibility index (Phi) is 4.88. The van der Waals surface area contributed by atoms with Gasteiger partial charge in [-0.15, -0.1) is 0 Å². The highest BCUT2D eigenvalue weighted by atomic mass is 32.2. The van der Waals surface area contributed by atoms with Gasteiger partial charge >= 0.3 is 5.97 Å². The number of carboxylic acid groups (broad SMARTS) is 1. The van der Waals surface area contributed by atoms with Gasteiger partial charge in [0.1, 0.15) is 5.54 Å². The van der Waals surface area contributed by atoms with E-state index in [0.29, 0.717) is 18.2 Å². The number of hydrogen-bond donors (Lipinski definition) is 2. The zero-order chi connectivity index (χ0) is 15.6. The van der Waals surface area contributed by atoms with Gasteiger partial charge in [0.05, 0.1) is 0 Å². The van der Waals surface area contributed by atoms with E-state index in [0.717, 1.165) is 34.9 Å². The summed E-state index contributed by atoms with van der Waals surface area (Å²) in [5.41, 5.74) is 2.23. The fourth-order valence-electron chi connectivity index (χ4n) is 2.07. The Bertz CT molecular complexity index is 523. The zero-order valence-electron chi connectivity index (χ0n) is 13.1. The Morgan fingerprint density at radius 1 is 1.33 bits per heavy atom. The van der Waals surface area contributed by atoms with Crippen LogP contribution in [0.4, 0.5) is 0 Å². The van der Waals surface area contributed by atoms with Crippen LogP contribution in [-0.4, -0.2) is 38.4 Å². The van der Waals surface area contributed by atoms with E-state index in [1.807, 2.05) is 20.8 Å². The van der Waals surface area contributed by atoms with Crippen molar-refractivity contribution in [2.75, 3.05) is 5.75 Å². The molecule has 1 fully saturated rings. The standard InChI is InChI=1S/C15H23N3O2S/c1-9-10(2)16-14(17-11(9)3)21-8-7-15(4,13(19)20)18-12-5-6-12/h12,18H,5-8H2,1-4H3,(H,19,20). The van der Waals surface area contributed by atoms with Crippen LogP contribution in [0.2, 0.25) is 0 Å². The number of aromatic nitrogens is 2. The molecule has 0 saturated heterocycles. The molecule has 2 rings (SSSR count). The number of rotatable bonds is 7. The minimum absolute atomic E-state index is 0.371. The monoisotopic (exact) mass is 309 g/mol. The molecule has 0 aromatic carbocycles. The molecule has 5 nitrogen and oxygen atoms in total. The Morgan fingerprint density at radius 3 is 2.38 bits per heavy atom. The topological polar surface area (TPSA) is 75.1 Å². The summed E-state index contributed by atoms with van der Waals surface area (Å²) in [6, 6.07) is 0.371. The molecule has 1 heterocycles. The van der Waals surface area contributed by atoms with Crippen LogP contribution >= 0.6 is 11.8 Å². The third-order valence-corrected chi connectivity index (χ3v) is 4.87. The molecular formula is C15H23N3O2S. The molecule has 21 heavy (non-hydrogen) atoms. The van der Waals surface area contributed by atoms with Gasteiger partial charge in [0.2, 0.25) is 0 Å². The fraction of sp³-hybridized carbons (Fsp3) is 0.667. The highest BCUT2D eigenvalue weighted by Crippen LogP contribution is 2.26. The van der Waals surface area contributed by atoms with Crippen LogP contribution in [0.3, 0.4) is 0 Å². The number of carboxylic acids is 1. The lowest BCUT2D eigenvalue weighted by Crippen LogP contribution is -2.50. The van der Waals surface area contributed by atoms with E-state index in [1.54, 1.807) is 6.92 Å². The molecule has 1 saturated carbocycles. The molecule has 6 heteroatoms. The van der Waals surface area contributed by atoms with Crippen molar-refractivity contribution in [2.24, 2.45) is 0 Å². The van der Waals surface area contributed by atoms with Gasteiger partial charge in [-0.3, -0.25) is 10.1 Å². The van der Waals surface area contributed by atoms with Gasteiger partial charge in [0.25, 0.3) is 0 Å². The molecule has 1 aromatic heterocycles. The molecular weight excluding hydrogens is 286 g/mol. The van der Waals surface area contributed by atoms with Gasteiger partial charge in [-0.05, 0) is 52.5 Å². The number of aryl methyl sites for hydroxylation is 2. The number of carbonyl (C=O) groups is 1. The van der Waals surface area contributed by atoms with Crippen molar-refractivity contribution in [1.82, 2.24) is 15.3 Å². The van der Waals surface area contributed by atoms with Gasteiger partial charge in [0.15, 0.2) is 5.16 Å². The Morgan fingerprint density at radius 2 is 1.90 bits per heavy atom. The van der Waals surface area contributed by atoms with E-state index >= 15 is 0 Å². The summed E-state index contributed by atoms with van der Waals surface area (Å²) in [6.45, 7) is 7.73. The maximum absolute atomic E-state index is 11.5. The number of nitrogens with one attached hydrogen (secondary N) is 1. The second-order valence-electron chi connectivity index (χ2n) is 5.96. The van der Waals surface area contributed by atoms with E-state index in [-0.39, 0.29) is 0 Å². The van der Waals surface area contributed by atoms with Crippen LogP contribution in [-0.2, 0) is 4.79 Å². The van der Waals surface area contributed by atoms with Crippen LogP contribution in [0.25, 0.3) is 0 Å². The Hall–Kier alpha value is -1.14. The molecule has 0 spiro atoms. The van der Waals surface area contributed by atoms with E-state index in [1.165, 1.54) is 11.8 Å². The Balaban J connectivity index is 1.94. The molecule has 0 radical (unpaired) electrons. The molecule has 0 aliphatic heterocycles. The minimum atomic E-state index is -0.858. The van der Waals surface area contributed by atoms with E-state index in [4.69, 9.17) is 0 Å². The maximum atomic E-state index is 11.5. The molecule has 1 aliphatic carbocycles. The molecule has 1 aliphatic rings. The van der Waals surface area contributed by atoms with Gasteiger partial charge < -0.3 is 5.11 Å². The largest absolute Gasteiger partial charge is 0.480 e. The zero-order valence-corrected chi connectivity index (χ0v) is 13.9. The lowest BCUT2D eigenvalue weighted by molar-refractivity contribution is -0.144. The fourth-order valence-corrected chi connectivity index (χ4v) is 3.17. The second kappa shape index (κ2) is 6.32. The van der Waals surface area contributed by atoms with Crippen molar-refractivity contribution in [3.8, 4) is 0 Å². The number of aliphatic carboxylic acids is 1. The molecule has 116 valence electrons. The summed E-state index contributed by atoms with van der Waals surface area (Å²) in [5, 5.41) is 13.4. The predicted molar refractivity (Wildman–Crippen MR) is 83.8 cm³/mol.